The van der Waals surface area contributed by atoms with E-state index in [9.17, 15) is 4.39 Å². The Morgan fingerprint density at radius 3 is 2.80 bits per heavy atom. The molecule has 0 aliphatic carbocycles. The molecule has 0 spiro atoms. The van der Waals surface area contributed by atoms with Gasteiger partial charge in [0.25, 0.3) is 0 Å². The second-order valence-electron chi connectivity index (χ2n) is 5.25. The maximum Gasteiger partial charge on any atom is 0.126 e. The smallest absolute Gasteiger partial charge is 0.126 e. The number of hydrogen-bond donors (Lipinski definition) is 1. The molecule has 20 heavy (non-hydrogen) atoms. The van der Waals surface area contributed by atoms with Crippen LogP contribution in [0.1, 0.15) is 19.4 Å². The van der Waals surface area contributed by atoms with Gasteiger partial charge >= 0.3 is 0 Å². The molecule has 0 amide bonds. The molecule has 1 aliphatic rings. The first kappa shape index (κ1) is 16.7. The zero-order chi connectivity index (χ0) is 14.7. The summed E-state index contributed by atoms with van der Waals surface area (Å²) in [6.07, 6.45) is 0.737. The van der Waals surface area contributed by atoms with E-state index in [0.717, 1.165) is 22.2 Å². The van der Waals surface area contributed by atoms with Crippen LogP contribution in [0, 0.1) is 5.82 Å². The molecule has 0 radical (unpaired) electrons. The molecule has 0 aromatic heterocycles. The van der Waals surface area contributed by atoms with Crippen LogP contribution >= 0.6 is 39.5 Å². The fourth-order valence-corrected chi connectivity index (χ4v) is 5.95. The van der Waals surface area contributed by atoms with Crippen molar-refractivity contribution in [1.29, 1.82) is 0 Å². The second-order valence-corrected chi connectivity index (χ2v) is 9.20. The van der Waals surface area contributed by atoms with E-state index in [0.29, 0.717) is 21.8 Å². The average Bonchev–Trinajstić information content (AvgIpc) is 2.43. The molecule has 5 heteroatoms. The third-order valence-electron chi connectivity index (χ3n) is 3.84. The molecule has 1 aromatic rings. The highest BCUT2D eigenvalue weighted by atomic mass is 79.9. The third kappa shape index (κ3) is 4.15. The van der Waals surface area contributed by atoms with Crippen molar-refractivity contribution in [2.24, 2.45) is 0 Å². The van der Waals surface area contributed by atoms with Crippen LogP contribution in [0.5, 0.6) is 0 Å². The van der Waals surface area contributed by atoms with Crippen molar-refractivity contribution in [2.45, 2.75) is 42.1 Å². The van der Waals surface area contributed by atoms with Crippen molar-refractivity contribution < 1.29 is 4.39 Å². The van der Waals surface area contributed by atoms with Crippen LogP contribution in [0.15, 0.2) is 22.7 Å². The maximum absolute atomic E-state index is 13.9. The predicted molar refractivity (Wildman–Crippen MR) is 93.4 cm³/mol. The molecule has 1 nitrogen and oxygen atoms in total. The van der Waals surface area contributed by atoms with Crippen molar-refractivity contribution in [2.75, 3.05) is 12.8 Å². The first-order valence-corrected chi connectivity index (χ1v) is 9.68. The van der Waals surface area contributed by atoms with Gasteiger partial charge in [0.05, 0.1) is 0 Å². The monoisotopic (exact) mass is 377 g/mol. The Bertz CT molecular complexity index is 457. The van der Waals surface area contributed by atoms with E-state index in [1.54, 1.807) is 12.1 Å². The van der Waals surface area contributed by atoms with Crippen LogP contribution in [0.3, 0.4) is 0 Å². The normalized spacial score (nSPS) is 28.4. The lowest BCUT2D eigenvalue weighted by Crippen LogP contribution is -2.43. The lowest BCUT2D eigenvalue weighted by Gasteiger charge is -2.36. The van der Waals surface area contributed by atoms with Gasteiger partial charge in [-0.2, -0.15) is 23.5 Å². The molecule has 4 unspecified atom stereocenters. The van der Waals surface area contributed by atoms with Crippen LogP contribution < -0.4 is 5.32 Å². The summed E-state index contributed by atoms with van der Waals surface area (Å²) < 4.78 is 14.9. The highest BCUT2D eigenvalue weighted by Gasteiger charge is 2.31. The highest BCUT2D eigenvalue weighted by molar-refractivity contribution is 9.10. The van der Waals surface area contributed by atoms with Gasteiger partial charge in [0.1, 0.15) is 5.82 Å². The van der Waals surface area contributed by atoms with E-state index in [-0.39, 0.29) is 5.82 Å². The van der Waals surface area contributed by atoms with Gasteiger partial charge in [-0.25, -0.2) is 4.39 Å². The van der Waals surface area contributed by atoms with Crippen LogP contribution in [0.2, 0.25) is 0 Å². The fourth-order valence-electron chi connectivity index (χ4n) is 2.37. The molecule has 112 valence electrons. The minimum atomic E-state index is -0.108. The van der Waals surface area contributed by atoms with Gasteiger partial charge < -0.3 is 5.32 Å². The number of hydrogen-bond acceptors (Lipinski definition) is 3. The Morgan fingerprint density at radius 1 is 1.40 bits per heavy atom. The zero-order valence-electron chi connectivity index (χ0n) is 12.0. The average molecular weight is 378 g/mol. The van der Waals surface area contributed by atoms with E-state index in [2.05, 4.69) is 35.1 Å². The number of halogens is 2. The van der Waals surface area contributed by atoms with Crippen molar-refractivity contribution in [1.82, 2.24) is 5.32 Å². The Kier molecular flexibility index (Phi) is 6.26. The van der Waals surface area contributed by atoms with E-state index in [1.165, 1.54) is 0 Å². The summed E-state index contributed by atoms with van der Waals surface area (Å²) in [6, 6.07) is 5.50. The standard InChI is InChI=1S/C15H21BrFNS2/c1-9-10(2)20-15(8-19-9)14(18-3)7-11-6-12(16)4-5-13(11)17/h4-6,9-10,14-15,18H,7-8H2,1-3H3. The molecule has 4 atom stereocenters. The number of likely N-dealkylation sites (N-methyl/N-ethyl adjacent to an activating group) is 1. The van der Waals surface area contributed by atoms with Gasteiger partial charge in [0, 0.05) is 32.0 Å². The molecule has 2 rings (SSSR count). The van der Waals surface area contributed by atoms with Crippen LogP contribution in [0.4, 0.5) is 4.39 Å². The van der Waals surface area contributed by atoms with Crippen LogP contribution in [-0.4, -0.2) is 34.6 Å². The molecule has 1 aromatic carbocycles. The molecule has 1 N–H and O–H groups in total. The van der Waals surface area contributed by atoms with Crippen LogP contribution in [-0.2, 0) is 6.42 Å². The lowest BCUT2D eigenvalue weighted by atomic mass is 10.0. The van der Waals surface area contributed by atoms with Gasteiger partial charge in [-0.1, -0.05) is 29.8 Å². The van der Waals surface area contributed by atoms with E-state index in [1.807, 2.05) is 36.6 Å². The summed E-state index contributed by atoms with van der Waals surface area (Å²) in [5, 5.41) is 5.28. The number of benzene rings is 1. The SMILES string of the molecule is CNC(Cc1cc(Br)ccc1F)C1CSC(C)C(C)S1. The van der Waals surface area contributed by atoms with Crippen molar-refractivity contribution in [3.63, 3.8) is 0 Å². The molecular weight excluding hydrogens is 357 g/mol. The summed E-state index contributed by atoms with van der Waals surface area (Å²) in [7, 11) is 1.98. The summed E-state index contributed by atoms with van der Waals surface area (Å²) >= 11 is 7.50. The molecule has 1 saturated heterocycles. The first-order valence-electron chi connectivity index (χ1n) is 6.89. The highest BCUT2D eigenvalue weighted by Crippen LogP contribution is 2.37. The molecule has 0 saturated carbocycles. The number of nitrogens with one attached hydrogen (secondary N) is 1. The zero-order valence-corrected chi connectivity index (χ0v) is 15.2. The van der Waals surface area contributed by atoms with Gasteiger partial charge in [-0.3, -0.25) is 0 Å². The van der Waals surface area contributed by atoms with Gasteiger partial charge in [0.15, 0.2) is 0 Å². The van der Waals surface area contributed by atoms with Crippen molar-refractivity contribution in [3.8, 4) is 0 Å². The fraction of sp³-hybridized carbons (Fsp3) is 0.600. The maximum atomic E-state index is 13.9. The molecule has 1 aliphatic heterocycles. The quantitative estimate of drug-likeness (QED) is 0.837. The van der Waals surface area contributed by atoms with E-state index >= 15 is 0 Å². The van der Waals surface area contributed by atoms with Gasteiger partial charge in [-0.15, -0.1) is 0 Å². The Labute approximate surface area is 138 Å². The summed E-state index contributed by atoms with van der Waals surface area (Å²) in [5.41, 5.74) is 0.788. The van der Waals surface area contributed by atoms with Gasteiger partial charge in [0.2, 0.25) is 0 Å². The van der Waals surface area contributed by atoms with Crippen molar-refractivity contribution in [3.05, 3.63) is 34.1 Å². The topological polar surface area (TPSA) is 12.0 Å². The summed E-state index contributed by atoms with van der Waals surface area (Å²) in [6.45, 7) is 4.59. The molecular formula is C15H21BrFNS2. The lowest BCUT2D eigenvalue weighted by molar-refractivity contribution is 0.530. The molecule has 0 bridgehead atoms. The summed E-state index contributed by atoms with van der Waals surface area (Å²) in [4.78, 5) is 0. The third-order valence-corrected chi connectivity index (χ3v) is 7.89. The Morgan fingerprint density at radius 2 is 2.15 bits per heavy atom. The first-order chi connectivity index (χ1) is 9.51. The molecule has 1 heterocycles. The molecule has 1 fully saturated rings. The minimum absolute atomic E-state index is 0.108. The van der Waals surface area contributed by atoms with Crippen LogP contribution in [0.25, 0.3) is 0 Å². The minimum Gasteiger partial charge on any atom is -0.316 e. The number of rotatable bonds is 4. The number of thioether (sulfide) groups is 2. The largest absolute Gasteiger partial charge is 0.316 e. The van der Waals surface area contributed by atoms with E-state index in [4.69, 9.17) is 0 Å². The second kappa shape index (κ2) is 7.52. The Hall–Kier alpha value is 0.290. The predicted octanol–water partition coefficient (Wildman–Crippen LogP) is 4.34. The summed E-state index contributed by atoms with van der Waals surface area (Å²) in [5.74, 6) is 1.03. The van der Waals surface area contributed by atoms with Gasteiger partial charge in [-0.05, 0) is 37.2 Å². The van der Waals surface area contributed by atoms with Crippen molar-refractivity contribution >= 4 is 39.5 Å². The Balaban J connectivity index is 2.07. The van der Waals surface area contributed by atoms with E-state index < -0.39 is 0 Å².